The van der Waals surface area contributed by atoms with E-state index in [2.05, 4.69) is 13.8 Å². The predicted octanol–water partition coefficient (Wildman–Crippen LogP) is 3.65. The van der Waals surface area contributed by atoms with Gasteiger partial charge >= 0.3 is 6.09 Å². The van der Waals surface area contributed by atoms with Crippen molar-refractivity contribution in [2.45, 2.75) is 72.5 Å². The molecule has 3 amide bonds. The third kappa shape index (κ3) is 7.75. The second kappa shape index (κ2) is 13.7. The fourth-order valence-electron chi connectivity index (χ4n) is 6.06. The van der Waals surface area contributed by atoms with Gasteiger partial charge in [0, 0.05) is 52.6 Å². The summed E-state index contributed by atoms with van der Waals surface area (Å²) in [6.07, 6.45) is 3.06. The van der Waals surface area contributed by atoms with Gasteiger partial charge in [-0.05, 0) is 42.7 Å². The van der Waals surface area contributed by atoms with E-state index in [0.717, 1.165) is 12.8 Å². The van der Waals surface area contributed by atoms with Crippen LogP contribution in [0.1, 0.15) is 64.4 Å². The van der Waals surface area contributed by atoms with E-state index in [1.165, 1.54) is 4.90 Å². The minimum atomic E-state index is -1.06. The molecule has 10 heteroatoms. The van der Waals surface area contributed by atoms with Crippen LogP contribution >= 0.6 is 0 Å². The molecule has 2 aliphatic heterocycles. The van der Waals surface area contributed by atoms with Gasteiger partial charge in [0.25, 0.3) is 5.91 Å². The van der Waals surface area contributed by atoms with Gasteiger partial charge in [0.2, 0.25) is 5.91 Å². The monoisotopic (exact) mass is 548 g/mol. The quantitative estimate of drug-likeness (QED) is 0.448. The van der Waals surface area contributed by atoms with Crippen LogP contribution in [0.15, 0.2) is 18.3 Å². The maximum Gasteiger partial charge on any atom is 0.407 e. The largest absolute Gasteiger partial charge is 0.465 e. The van der Waals surface area contributed by atoms with Crippen molar-refractivity contribution in [1.82, 2.24) is 19.3 Å². The van der Waals surface area contributed by atoms with E-state index >= 15 is 0 Å². The standard InChI is InChI=1S/C29H48N4O6/c1-21(2)19-32(27(35)23-10-9-12-30(23)11-7-8-15-38-6)24-18-22(26(34)31-13-16-39-17-14-31)20-33(28(36)37)25(24)29(3,4)5/h9-10,12,21-22,24-25H,7-8,11,13-20H2,1-6H3,(H,36,37)/t22-,24+,25?/m1/s1. The van der Waals surface area contributed by atoms with Crippen molar-refractivity contribution < 1.29 is 29.0 Å². The van der Waals surface area contributed by atoms with Gasteiger partial charge in [-0.1, -0.05) is 34.6 Å². The Morgan fingerprint density at radius 3 is 2.46 bits per heavy atom. The highest BCUT2D eigenvalue weighted by Crippen LogP contribution is 2.38. The number of likely N-dealkylation sites (tertiary alicyclic amines) is 1. The topological polar surface area (TPSA) is 105 Å². The molecular formula is C29H48N4O6. The zero-order chi connectivity index (χ0) is 28.7. The number of rotatable bonds is 10. The van der Waals surface area contributed by atoms with Gasteiger partial charge in [0.05, 0.1) is 31.2 Å². The van der Waals surface area contributed by atoms with E-state index in [0.29, 0.717) is 58.1 Å². The van der Waals surface area contributed by atoms with Gasteiger partial charge in [-0.25, -0.2) is 4.79 Å². The van der Waals surface area contributed by atoms with Gasteiger partial charge in [-0.2, -0.15) is 0 Å². The summed E-state index contributed by atoms with van der Waals surface area (Å²) in [6, 6.07) is 2.81. The smallest absolute Gasteiger partial charge is 0.407 e. The molecule has 0 radical (unpaired) electrons. The van der Waals surface area contributed by atoms with Gasteiger partial charge in [0.1, 0.15) is 5.69 Å². The zero-order valence-corrected chi connectivity index (χ0v) is 24.6. The highest BCUT2D eigenvalue weighted by molar-refractivity contribution is 5.93. The lowest BCUT2D eigenvalue weighted by molar-refractivity contribution is -0.144. The molecular weight excluding hydrogens is 500 g/mol. The molecule has 1 N–H and O–H groups in total. The summed E-state index contributed by atoms with van der Waals surface area (Å²) in [5.41, 5.74) is 0.137. The number of carboxylic acid groups (broad SMARTS) is 1. The van der Waals surface area contributed by atoms with Gasteiger partial charge in [-0.3, -0.25) is 9.59 Å². The average Bonchev–Trinajstić information content (AvgIpc) is 3.36. The lowest BCUT2D eigenvalue weighted by atomic mass is 9.74. The summed E-state index contributed by atoms with van der Waals surface area (Å²) < 4.78 is 12.6. The van der Waals surface area contributed by atoms with Crippen molar-refractivity contribution in [2.75, 3.05) is 53.1 Å². The number of nitrogens with zero attached hydrogens (tertiary/aromatic N) is 4. The first-order valence-corrected chi connectivity index (χ1v) is 14.3. The molecule has 2 fully saturated rings. The average molecular weight is 549 g/mol. The number of hydrogen-bond acceptors (Lipinski definition) is 5. The number of piperidine rings is 1. The van der Waals surface area contributed by atoms with Crippen molar-refractivity contribution >= 4 is 17.9 Å². The van der Waals surface area contributed by atoms with Gasteiger partial charge in [0.15, 0.2) is 0 Å². The minimum absolute atomic E-state index is 0.0552. The van der Waals surface area contributed by atoms with Crippen LogP contribution in [0.25, 0.3) is 0 Å². The molecule has 0 aromatic carbocycles. The Balaban J connectivity index is 1.99. The molecule has 220 valence electrons. The van der Waals surface area contributed by atoms with E-state index in [1.807, 2.05) is 48.6 Å². The minimum Gasteiger partial charge on any atom is -0.465 e. The van der Waals surface area contributed by atoms with Gasteiger partial charge in [-0.15, -0.1) is 0 Å². The number of aryl methyl sites for hydroxylation is 1. The van der Waals surface area contributed by atoms with E-state index in [4.69, 9.17) is 9.47 Å². The lowest BCUT2D eigenvalue weighted by Crippen LogP contribution is -2.66. The van der Waals surface area contributed by atoms with E-state index < -0.39 is 29.5 Å². The number of carbonyl (C=O) groups excluding carboxylic acids is 2. The molecule has 2 aliphatic rings. The number of amides is 3. The number of ether oxygens (including phenoxy) is 2. The Morgan fingerprint density at radius 1 is 1.18 bits per heavy atom. The predicted molar refractivity (Wildman–Crippen MR) is 149 cm³/mol. The Labute approximate surface area is 233 Å². The van der Waals surface area contributed by atoms with Crippen molar-refractivity contribution in [1.29, 1.82) is 0 Å². The van der Waals surface area contributed by atoms with Crippen LogP contribution in [0.4, 0.5) is 4.79 Å². The second-order valence-corrected chi connectivity index (χ2v) is 12.3. The molecule has 1 aromatic heterocycles. The summed E-state index contributed by atoms with van der Waals surface area (Å²) in [5.74, 6) is -0.538. The molecule has 3 heterocycles. The fraction of sp³-hybridized carbons (Fsp3) is 0.759. The first-order valence-electron chi connectivity index (χ1n) is 14.3. The van der Waals surface area contributed by atoms with Crippen LogP contribution in [-0.4, -0.2) is 107 Å². The number of carbonyl (C=O) groups is 3. The highest BCUT2D eigenvalue weighted by atomic mass is 16.5. The van der Waals surface area contributed by atoms with Crippen LogP contribution in [-0.2, 0) is 20.8 Å². The number of unbranched alkanes of at least 4 members (excludes halogenated alkanes) is 1. The number of hydrogen-bond donors (Lipinski definition) is 1. The normalized spacial score (nSPS) is 22.3. The van der Waals surface area contributed by atoms with Crippen LogP contribution in [0.3, 0.4) is 0 Å². The van der Waals surface area contributed by atoms with Crippen LogP contribution in [0.2, 0.25) is 0 Å². The molecule has 0 saturated carbocycles. The summed E-state index contributed by atoms with van der Waals surface area (Å²) in [6.45, 7) is 14.1. The van der Waals surface area contributed by atoms with Crippen LogP contribution < -0.4 is 0 Å². The second-order valence-electron chi connectivity index (χ2n) is 12.3. The summed E-state index contributed by atoms with van der Waals surface area (Å²) in [7, 11) is 1.68. The molecule has 3 rings (SSSR count). The molecule has 2 saturated heterocycles. The zero-order valence-electron chi connectivity index (χ0n) is 24.6. The van der Waals surface area contributed by atoms with E-state index in [-0.39, 0.29) is 24.3 Å². The van der Waals surface area contributed by atoms with Crippen LogP contribution in [0.5, 0.6) is 0 Å². The first kappa shape index (κ1) is 30.9. The first-order chi connectivity index (χ1) is 18.5. The Morgan fingerprint density at radius 2 is 1.87 bits per heavy atom. The number of aromatic nitrogens is 1. The molecule has 0 spiro atoms. The molecule has 0 bridgehead atoms. The van der Waals surface area contributed by atoms with Crippen molar-refractivity contribution in [2.24, 2.45) is 17.3 Å². The Hall–Kier alpha value is -2.59. The molecule has 39 heavy (non-hydrogen) atoms. The highest BCUT2D eigenvalue weighted by Gasteiger charge is 2.50. The van der Waals surface area contributed by atoms with Crippen molar-refractivity contribution in [3.63, 3.8) is 0 Å². The van der Waals surface area contributed by atoms with Crippen LogP contribution in [0, 0.1) is 17.3 Å². The summed E-state index contributed by atoms with van der Waals surface area (Å²) in [5, 5.41) is 10.3. The van der Waals surface area contributed by atoms with E-state index in [1.54, 1.807) is 12.0 Å². The van der Waals surface area contributed by atoms with Crippen molar-refractivity contribution in [3.8, 4) is 0 Å². The summed E-state index contributed by atoms with van der Waals surface area (Å²) in [4.78, 5) is 45.6. The Kier molecular flexibility index (Phi) is 10.8. The molecule has 0 aliphatic carbocycles. The molecule has 1 unspecified atom stereocenters. The Bertz CT molecular complexity index is 965. The van der Waals surface area contributed by atoms with Gasteiger partial charge < -0.3 is 33.8 Å². The fourth-order valence-corrected chi connectivity index (χ4v) is 6.06. The maximum absolute atomic E-state index is 14.3. The number of morpholine rings is 1. The van der Waals surface area contributed by atoms with Crippen molar-refractivity contribution in [3.05, 3.63) is 24.0 Å². The lowest BCUT2D eigenvalue weighted by Gasteiger charge is -2.52. The number of methoxy groups -OCH3 is 1. The SMILES string of the molecule is COCCCCn1cccc1C(=O)N(CC(C)C)[C@H]1C[C@@H](C(=O)N2CCOCC2)CN(C(=O)O)C1C(C)(C)C. The summed E-state index contributed by atoms with van der Waals surface area (Å²) >= 11 is 0. The molecule has 1 aromatic rings. The third-order valence-electron chi connectivity index (χ3n) is 7.72. The maximum atomic E-state index is 14.3. The van der Waals surface area contributed by atoms with E-state index in [9.17, 15) is 19.5 Å². The molecule has 10 nitrogen and oxygen atoms in total. The molecule has 3 atom stereocenters. The third-order valence-corrected chi connectivity index (χ3v) is 7.72.